The first kappa shape index (κ1) is 18.9. The Morgan fingerprint density at radius 1 is 1.19 bits per heavy atom. The van der Waals surface area contributed by atoms with Crippen LogP contribution in [0.25, 0.3) is 0 Å². The van der Waals surface area contributed by atoms with Gasteiger partial charge in [0.25, 0.3) is 0 Å². The van der Waals surface area contributed by atoms with Crippen LogP contribution in [0.5, 0.6) is 0 Å². The van der Waals surface area contributed by atoms with E-state index in [0.29, 0.717) is 33.0 Å². The van der Waals surface area contributed by atoms with Crippen LogP contribution in [0.15, 0.2) is 0 Å². The number of nitrogens with one attached hydrogen (secondary N) is 1. The molecule has 0 heterocycles. The van der Waals surface area contributed by atoms with Crippen molar-refractivity contribution in [2.24, 2.45) is 0 Å². The Morgan fingerprint density at radius 3 is 2.31 bits per heavy atom. The molecule has 0 aromatic rings. The molecule has 6 heteroatoms. The van der Waals surface area contributed by atoms with Gasteiger partial charge in [0.2, 0.25) is 5.91 Å². The summed E-state index contributed by atoms with van der Waals surface area (Å²) < 4.78 is 15.1. The average Bonchev–Trinajstić information content (AvgIpc) is 2.26. The van der Waals surface area contributed by atoms with Crippen molar-refractivity contribution in [1.82, 2.24) is 5.32 Å². The van der Waals surface area contributed by atoms with Crippen molar-refractivity contribution in [2.75, 3.05) is 39.6 Å². The van der Waals surface area contributed by atoms with Gasteiger partial charge in [-0.2, -0.15) is 0 Å². The zero-order valence-electron chi connectivity index (χ0n) is 9.66. The van der Waals surface area contributed by atoms with E-state index in [1.54, 1.807) is 0 Å². The van der Waals surface area contributed by atoms with Gasteiger partial charge in [0.05, 0.1) is 26.4 Å². The van der Waals surface area contributed by atoms with Gasteiger partial charge in [-0.25, -0.2) is 0 Å². The molecule has 1 N–H and O–H groups in total. The van der Waals surface area contributed by atoms with Gasteiger partial charge >= 0.3 is 51.4 Å². The fourth-order valence-electron chi connectivity index (χ4n) is 0.685. The van der Waals surface area contributed by atoms with Crippen LogP contribution in [-0.2, 0) is 19.0 Å². The Balaban J connectivity index is 0. The summed E-state index contributed by atoms with van der Waals surface area (Å²) >= 11 is 0. The summed E-state index contributed by atoms with van der Waals surface area (Å²) in [4.78, 5) is 10.6. The van der Waals surface area contributed by atoms with Crippen LogP contribution >= 0.6 is 0 Å². The van der Waals surface area contributed by atoms with Crippen molar-refractivity contribution in [1.29, 1.82) is 0 Å². The Hall–Kier alpha value is 0.546. The summed E-state index contributed by atoms with van der Waals surface area (Å²) in [5, 5.41) is 2.20. The summed E-state index contributed by atoms with van der Waals surface area (Å²) in [6.45, 7) is 2.01. The minimum Gasteiger partial charge on any atom is -0.506 e. The number of hydrogen-bond donors (Lipinski definition) is 1. The first-order valence-electron chi connectivity index (χ1n) is 4.54. The van der Waals surface area contributed by atoms with E-state index in [4.69, 9.17) is 20.6 Å². The molecule has 0 radical (unpaired) electrons. The van der Waals surface area contributed by atoms with Gasteiger partial charge in [0, 0.05) is 0 Å². The van der Waals surface area contributed by atoms with Gasteiger partial charge in [-0.1, -0.05) is 5.92 Å². The van der Waals surface area contributed by atoms with Gasteiger partial charge in [0.1, 0.15) is 13.2 Å². The second-order valence-electron chi connectivity index (χ2n) is 2.52. The Kier molecular flexibility index (Phi) is 18.4. The molecule has 0 saturated heterocycles. The molecule has 0 aliphatic carbocycles. The van der Waals surface area contributed by atoms with E-state index in [0.717, 1.165) is 0 Å². The van der Waals surface area contributed by atoms with Crippen molar-refractivity contribution < 1.29 is 70.4 Å². The Bertz CT molecular complexity index is 205. The Morgan fingerprint density at radius 2 is 1.75 bits per heavy atom. The van der Waals surface area contributed by atoms with Gasteiger partial charge in [-0.15, -0.1) is 6.42 Å². The maximum Gasteiger partial charge on any atom is 1.00 e. The smallest absolute Gasteiger partial charge is 0.506 e. The summed E-state index contributed by atoms with van der Waals surface area (Å²) in [6.07, 6.45) is 4.97. The first-order valence-corrected chi connectivity index (χ1v) is 4.54. The largest absolute Gasteiger partial charge is 1.00 e. The molecule has 0 fully saturated rings. The molecule has 0 bridgehead atoms. The number of hydrogen-bond acceptors (Lipinski definition) is 4. The van der Waals surface area contributed by atoms with E-state index in [1.807, 2.05) is 0 Å². The topological polar surface area (TPSA) is 56.8 Å². The van der Waals surface area contributed by atoms with Crippen LogP contribution < -0.4 is 56.7 Å². The fraction of sp³-hybridized carbons (Fsp3) is 0.600. The van der Waals surface area contributed by atoms with Crippen molar-refractivity contribution >= 4 is 5.91 Å². The number of terminal acetylenes is 1. The van der Waals surface area contributed by atoms with Crippen LogP contribution in [0.4, 0.5) is 0 Å². The maximum atomic E-state index is 10.6. The normalized spacial score (nSPS) is 9.00. The molecular formula is C10H16KNO4. The average molecular weight is 253 g/mol. The first-order chi connectivity index (χ1) is 7.31. The molecule has 5 nitrogen and oxygen atoms in total. The summed E-state index contributed by atoms with van der Waals surface area (Å²) in [6, 6.07) is 0. The van der Waals surface area contributed by atoms with E-state index < -0.39 is 0 Å². The quantitative estimate of drug-likeness (QED) is 0.201. The van der Waals surface area contributed by atoms with Crippen LogP contribution in [0.3, 0.4) is 0 Å². The zero-order valence-corrected chi connectivity index (χ0v) is 12.8. The molecule has 0 unspecified atom stereocenters. The van der Waals surface area contributed by atoms with Gasteiger partial charge in [-0.05, 0) is 0 Å². The molecule has 0 aliphatic heterocycles. The third-order valence-electron chi connectivity index (χ3n) is 1.36. The summed E-state index contributed by atoms with van der Waals surface area (Å²) in [5.74, 6) is 2.09. The van der Waals surface area contributed by atoms with E-state index in [1.165, 1.54) is 0 Å². The molecule has 86 valence electrons. The maximum absolute atomic E-state index is 10.6. The number of carbonyl (C=O) groups excluding carboxylic acids is 1. The number of rotatable bonds is 9. The number of carbonyl (C=O) groups is 1. The number of ether oxygens (including phenoxy) is 3. The van der Waals surface area contributed by atoms with Crippen molar-refractivity contribution in [3.8, 4) is 12.3 Å². The van der Waals surface area contributed by atoms with E-state index in [9.17, 15) is 4.79 Å². The molecule has 0 atom stereocenters. The molecule has 0 aliphatic rings. The molecular weight excluding hydrogens is 237 g/mol. The van der Waals surface area contributed by atoms with E-state index in [-0.39, 0.29) is 63.9 Å². The molecule has 0 rings (SSSR count). The molecule has 0 spiro atoms. The van der Waals surface area contributed by atoms with Gasteiger partial charge in [-0.3, -0.25) is 11.8 Å². The Labute approximate surface area is 139 Å². The number of amides is 1. The van der Waals surface area contributed by atoms with E-state index in [2.05, 4.69) is 18.3 Å². The minimum atomic E-state index is -0.257. The summed E-state index contributed by atoms with van der Waals surface area (Å²) in [7, 11) is 3.20. The van der Waals surface area contributed by atoms with Gasteiger partial charge in [0.15, 0.2) is 0 Å². The molecule has 0 saturated carbocycles. The zero-order chi connectivity index (χ0) is 11.4. The molecule has 0 aromatic carbocycles. The van der Waals surface area contributed by atoms with Crippen molar-refractivity contribution in [2.45, 2.75) is 0 Å². The predicted molar refractivity (Wildman–Crippen MR) is 54.8 cm³/mol. The van der Waals surface area contributed by atoms with Crippen molar-refractivity contribution in [3.63, 3.8) is 0 Å². The predicted octanol–water partition coefficient (Wildman–Crippen LogP) is -3.42. The van der Waals surface area contributed by atoms with Crippen LogP contribution in [0.2, 0.25) is 0 Å². The molecule has 1 amide bonds. The SMILES string of the molecule is C#CCOCCOCCOCC(=O)N[CH2-].[K+]. The van der Waals surface area contributed by atoms with E-state index >= 15 is 0 Å². The second kappa shape index (κ2) is 15.5. The van der Waals surface area contributed by atoms with Crippen LogP contribution in [0, 0.1) is 19.4 Å². The molecule has 0 aromatic heterocycles. The van der Waals surface area contributed by atoms with Crippen molar-refractivity contribution in [3.05, 3.63) is 7.05 Å². The molecule has 16 heavy (non-hydrogen) atoms. The monoisotopic (exact) mass is 253 g/mol. The fourth-order valence-corrected chi connectivity index (χ4v) is 0.685. The van der Waals surface area contributed by atoms with Gasteiger partial charge < -0.3 is 19.5 Å². The standard InChI is InChI=1S/C10H16NO4.K/c1-3-4-13-5-6-14-7-8-15-9-10(12)11-2;/h1H,2,4-9H2,(H,11,12);/q-1;+1. The third-order valence-corrected chi connectivity index (χ3v) is 1.36. The van der Waals surface area contributed by atoms with Crippen LogP contribution in [-0.4, -0.2) is 45.5 Å². The second-order valence-corrected chi connectivity index (χ2v) is 2.52. The minimum absolute atomic E-state index is 0. The third kappa shape index (κ3) is 14.5. The van der Waals surface area contributed by atoms with Crippen LogP contribution in [0.1, 0.15) is 0 Å². The summed E-state index contributed by atoms with van der Waals surface area (Å²) in [5.41, 5.74) is 0.